The Bertz CT molecular complexity index is 219. The van der Waals surface area contributed by atoms with Crippen molar-refractivity contribution in [3.05, 3.63) is 0 Å². The highest BCUT2D eigenvalue weighted by Crippen LogP contribution is 2.23. The zero-order valence-corrected chi connectivity index (χ0v) is 11.2. The van der Waals surface area contributed by atoms with Gasteiger partial charge in [0.1, 0.15) is 0 Å². The van der Waals surface area contributed by atoms with Crippen molar-refractivity contribution in [1.82, 2.24) is 5.32 Å². The number of rotatable bonds is 7. The van der Waals surface area contributed by atoms with Gasteiger partial charge in [-0.1, -0.05) is 0 Å². The molecule has 1 aliphatic rings. The van der Waals surface area contributed by atoms with Gasteiger partial charge in [0, 0.05) is 30.9 Å². The minimum atomic E-state index is 0.178. The summed E-state index contributed by atoms with van der Waals surface area (Å²) in [5.41, 5.74) is 5.81. The average molecular weight is 260 g/mol. The summed E-state index contributed by atoms with van der Waals surface area (Å²) in [6.45, 7) is 0.985. The van der Waals surface area contributed by atoms with Crippen molar-refractivity contribution >= 4 is 17.7 Å². The first-order chi connectivity index (χ1) is 8.24. The first-order valence-electron chi connectivity index (χ1n) is 6.46. The lowest BCUT2D eigenvalue weighted by Crippen LogP contribution is -2.37. The van der Waals surface area contributed by atoms with E-state index in [0.29, 0.717) is 6.04 Å². The molecule has 17 heavy (non-hydrogen) atoms. The molecule has 4 nitrogen and oxygen atoms in total. The number of aliphatic hydroxyl groups is 1. The highest BCUT2D eigenvalue weighted by molar-refractivity contribution is 7.99. The molecule has 4 N–H and O–H groups in total. The number of carbonyl (C=O) groups excluding carboxylic acids is 1. The number of aliphatic hydroxyl groups excluding tert-OH is 1. The van der Waals surface area contributed by atoms with Crippen LogP contribution in [-0.2, 0) is 4.79 Å². The molecule has 1 saturated carbocycles. The third-order valence-corrected chi connectivity index (χ3v) is 4.21. The van der Waals surface area contributed by atoms with Crippen molar-refractivity contribution in [1.29, 1.82) is 0 Å². The van der Waals surface area contributed by atoms with E-state index in [1.807, 2.05) is 0 Å². The van der Waals surface area contributed by atoms with Crippen LogP contribution in [-0.4, -0.2) is 41.7 Å². The summed E-state index contributed by atoms with van der Waals surface area (Å²) in [5, 5.41) is 11.6. The molecule has 0 aromatic rings. The van der Waals surface area contributed by atoms with Crippen LogP contribution in [0.4, 0.5) is 0 Å². The van der Waals surface area contributed by atoms with Crippen molar-refractivity contribution in [2.75, 3.05) is 24.7 Å². The van der Waals surface area contributed by atoms with E-state index in [0.717, 1.165) is 50.2 Å². The van der Waals surface area contributed by atoms with Gasteiger partial charge in [0.2, 0.25) is 5.91 Å². The van der Waals surface area contributed by atoms with Gasteiger partial charge < -0.3 is 16.2 Å². The van der Waals surface area contributed by atoms with E-state index in [1.54, 1.807) is 11.8 Å². The van der Waals surface area contributed by atoms with Crippen LogP contribution in [0.15, 0.2) is 0 Å². The Morgan fingerprint density at radius 1 is 1.29 bits per heavy atom. The molecule has 5 heteroatoms. The predicted octanol–water partition coefficient (Wildman–Crippen LogP) is 0.736. The molecule has 1 rings (SSSR count). The van der Waals surface area contributed by atoms with E-state index in [2.05, 4.69) is 5.32 Å². The third kappa shape index (κ3) is 6.29. The highest BCUT2D eigenvalue weighted by atomic mass is 32.2. The number of nitrogens with one attached hydrogen (secondary N) is 1. The van der Waals surface area contributed by atoms with Crippen molar-refractivity contribution in [2.24, 2.45) is 11.7 Å². The maximum atomic E-state index is 11.8. The van der Waals surface area contributed by atoms with Gasteiger partial charge in [0.15, 0.2) is 0 Å². The van der Waals surface area contributed by atoms with Crippen molar-refractivity contribution in [2.45, 2.75) is 38.1 Å². The number of nitrogens with two attached hydrogens (primary N) is 1. The summed E-state index contributed by atoms with van der Waals surface area (Å²) in [7, 11) is 0. The lowest BCUT2D eigenvalue weighted by Gasteiger charge is -2.25. The smallest absolute Gasteiger partial charge is 0.223 e. The fraction of sp³-hybridized carbons (Fsp3) is 0.917. The molecule has 0 atom stereocenters. The van der Waals surface area contributed by atoms with Crippen molar-refractivity contribution in [3.8, 4) is 0 Å². The van der Waals surface area contributed by atoms with Crippen molar-refractivity contribution in [3.63, 3.8) is 0 Å². The van der Waals surface area contributed by atoms with Gasteiger partial charge in [-0.15, -0.1) is 0 Å². The summed E-state index contributed by atoms with van der Waals surface area (Å²) in [5.74, 6) is 2.26. The zero-order valence-electron chi connectivity index (χ0n) is 10.4. The summed E-state index contributed by atoms with van der Waals surface area (Å²) in [6.07, 6.45) is 4.65. The Labute approximate surface area is 108 Å². The molecule has 0 spiro atoms. The second-order valence-electron chi connectivity index (χ2n) is 4.59. The molecular weight excluding hydrogens is 236 g/mol. The molecule has 0 unspecified atom stereocenters. The molecule has 100 valence electrons. The van der Waals surface area contributed by atoms with Crippen LogP contribution in [0.5, 0.6) is 0 Å². The Morgan fingerprint density at radius 3 is 2.65 bits per heavy atom. The number of carbonyl (C=O) groups is 1. The molecule has 1 amide bonds. The monoisotopic (exact) mass is 260 g/mol. The van der Waals surface area contributed by atoms with E-state index in [9.17, 15) is 4.79 Å². The summed E-state index contributed by atoms with van der Waals surface area (Å²) in [6, 6.07) is 0.299. The molecule has 0 aromatic heterocycles. The number of hydrogen-bond acceptors (Lipinski definition) is 4. The molecule has 1 fully saturated rings. The number of thioether (sulfide) groups is 1. The van der Waals surface area contributed by atoms with Crippen LogP contribution in [0.1, 0.15) is 32.1 Å². The molecule has 0 heterocycles. The van der Waals surface area contributed by atoms with Gasteiger partial charge >= 0.3 is 0 Å². The molecule has 1 aliphatic carbocycles. The topological polar surface area (TPSA) is 75.4 Å². The van der Waals surface area contributed by atoms with Crippen LogP contribution in [0.25, 0.3) is 0 Å². The Balaban J connectivity index is 2.01. The van der Waals surface area contributed by atoms with E-state index >= 15 is 0 Å². The summed E-state index contributed by atoms with van der Waals surface area (Å²) in [4.78, 5) is 11.8. The molecule has 0 radical (unpaired) electrons. The second-order valence-corrected chi connectivity index (χ2v) is 5.82. The maximum Gasteiger partial charge on any atom is 0.223 e. The summed E-state index contributed by atoms with van der Waals surface area (Å²) >= 11 is 1.77. The average Bonchev–Trinajstić information content (AvgIpc) is 2.34. The van der Waals surface area contributed by atoms with Gasteiger partial charge in [-0.25, -0.2) is 0 Å². The Hall–Kier alpha value is -0.260. The minimum Gasteiger partial charge on any atom is -0.396 e. The molecule has 0 aliphatic heterocycles. The molecule has 0 saturated heterocycles. The standard InChI is InChI=1S/C12H24N2O2S/c13-11-4-2-10(3-5-11)12(16)14-6-9-17-8-1-7-15/h10-11,15H,1-9,13H2,(H,14,16). The lowest BCUT2D eigenvalue weighted by molar-refractivity contribution is -0.125. The van der Waals surface area contributed by atoms with Crippen LogP contribution in [0, 0.1) is 5.92 Å². The minimum absolute atomic E-state index is 0.178. The first kappa shape index (κ1) is 14.8. The van der Waals surface area contributed by atoms with Gasteiger partial charge in [-0.3, -0.25) is 4.79 Å². The van der Waals surface area contributed by atoms with Crippen LogP contribution in [0.3, 0.4) is 0 Å². The van der Waals surface area contributed by atoms with E-state index in [4.69, 9.17) is 10.8 Å². The highest BCUT2D eigenvalue weighted by Gasteiger charge is 2.23. The molecule has 0 aromatic carbocycles. The fourth-order valence-electron chi connectivity index (χ4n) is 2.04. The van der Waals surface area contributed by atoms with Gasteiger partial charge in [-0.2, -0.15) is 11.8 Å². The normalized spacial score (nSPS) is 24.6. The van der Waals surface area contributed by atoms with Gasteiger partial charge in [0.25, 0.3) is 0 Å². The zero-order chi connectivity index (χ0) is 12.5. The van der Waals surface area contributed by atoms with Crippen LogP contribution >= 0.6 is 11.8 Å². The van der Waals surface area contributed by atoms with E-state index in [-0.39, 0.29) is 18.4 Å². The molecule has 0 bridgehead atoms. The first-order valence-corrected chi connectivity index (χ1v) is 7.61. The maximum absolute atomic E-state index is 11.8. The largest absolute Gasteiger partial charge is 0.396 e. The van der Waals surface area contributed by atoms with E-state index in [1.165, 1.54) is 0 Å². The SMILES string of the molecule is NC1CCC(C(=O)NCCSCCCO)CC1. The Morgan fingerprint density at radius 2 is 2.00 bits per heavy atom. The lowest BCUT2D eigenvalue weighted by atomic mass is 9.86. The summed E-state index contributed by atoms with van der Waals surface area (Å²) < 4.78 is 0. The van der Waals surface area contributed by atoms with Crippen LogP contribution in [0.2, 0.25) is 0 Å². The van der Waals surface area contributed by atoms with Gasteiger partial charge in [-0.05, 0) is 37.9 Å². The number of amides is 1. The number of hydrogen-bond donors (Lipinski definition) is 3. The molecular formula is C12H24N2O2S. The van der Waals surface area contributed by atoms with Crippen molar-refractivity contribution < 1.29 is 9.90 Å². The fourth-order valence-corrected chi connectivity index (χ4v) is 2.82. The quantitative estimate of drug-likeness (QED) is 0.590. The van der Waals surface area contributed by atoms with E-state index < -0.39 is 0 Å². The second kappa shape index (κ2) is 8.78. The third-order valence-electron chi connectivity index (χ3n) is 3.14. The van der Waals surface area contributed by atoms with Gasteiger partial charge in [0.05, 0.1) is 0 Å². The van der Waals surface area contributed by atoms with Crippen LogP contribution < -0.4 is 11.1 Å². The predicted molar refractivity (Wildman–Crippen MR) is 72.0 cm³/mol. The Kier molecular flexibility index (Phi) is 7.64.